The number of hydrogen-bond donors (Lipinski definition) is 1. The van der Waals surface area contributed by atoms with Crippen molar-refractivity contribution in [1.29, 1.82) is 0 Å². The van der Waals surface area contributed by atoms with Gasteiger partial charge in [0.15, 0.2) is 4.60 Å². The predicted octanol–water partition coefficient (Wildman–Crippen LogP) is 2.10. The van der Waals surface area contributed by atoms with Crippen molar-refractivity contribution in [3.63, 3.8) is 0 Å². The van der Waals surface area contributed by atoms with Gasteiger partial charge in [0.05, 0.1) is 4.92 Å². The van der Waals surface area contributed by atoms with Crippen LogP contribution in [0, 0.1) is 10.1 Å². The molecule has 64 valence electrons. The quantitative estimate of drug-likeness (QED) is 0.489. The van der Waals surface area contributed by atoms with E-state index >= 15 is 0 Å². The Morgan fingerprint density at radius 3 is 2.58 bits per heavy atom. The van der Waals surface area contributed by atoms with Gasteiger partial charge in [-0.3, -0.25) is 10.1 Å². The first kappa shape index (κ1) is 9.40. The second kappa shape index (κ2) is 3.36. The molecule has 0 aromatic carbocycles. The zero-order valence-corrected chi connectivity index (χ0v) is 8.79. The van der Waals surface area contributed by atoms with Crippen LogP contribution in [0.2, 0.25) is 0 Å². The molecular formula is C5H3Br2N3O2. The summed E-state index contributed by atoms with van der Waals surface area (Å²) in [4.78, 5) is 13.6. The third-order valence-corrected chi connectivity index (χ3v) is 2.09. The number of halogens is 2. The standard InChI is InChI=1S/C5H3Br2N3O2/c6-3-1-2(8)4(10(11)12)5(7)9-3/h1H,(H2,8,9). The molecule has 12 heavy (non-hydrogen) atoms. The topological polar surface area (TPSA) is 82.0 Å². The summed E-state index contributed by atoms with van der Waals surface area (Å²) in [6.07, 6.45) is 0. The molecule has 0 amide bonds. The molecular weight excluding hydrogens is 294 g/mol. The van der Waals surface area contributed by atoms with Crippen LogP contribution in [0.15, 0.2) is 15.3 Å². The molecule has 0 aliphatic rings. The molecule has 1 rings (SSSR count). The van der Waals surface area contributed by atoms with Gasteiger partial charge in [-0.2, -0.15) is 0 Å². The van der Waals surface area contributed by atoms with E-state index in [9.17, 15) is 10.1 Å². The molecule has 0 bridgehead atoms. The van der Waals surface area contributed by atoms with Crippen LogP contribution in [0.5, 0.6) is 0 Å². The summed E-state index contributed by atoms with van der Waals surface area (Å²) in [5.74, 6) is 0. The maximum atomic E-state index is 10.4. The van der Waals surface area contributed by atoms with Gasteiger partial charge in [0.1, 0.15) is 10.3 Å². The Labute approximate surface area is 84.4 Å². The molecule has 1 heterocycles. The highest BCUT2D eigenvalue weighted by atomic mass is 79.9. The highest BCUT2D eigenvalue weighted by molar-refractivity contribution is 9.11. The Hall–Kier alpha value is -0.690. The van der Waals surface area contributed by atoms with Gasteiger partial charge in [-0.15, -0.1) is 0 Å². The normalized spacial score (nSPS) is 9.83. The van der Waals surface area contributed by atoms with Gasteiger partial charge in [-0.1, -0.05) is 0 Å². The van der Waals surface area contributed by atoms with Gasteiger partial charge in [-0.05, 0) is 31.9 Å². The molecule has 0 unspecified atom stereocenters. The fourth-order valence-electron chi connectivity index (χ4n) is 0.676. The van der Waals surface area contributed by atoms with E-state index in [0.717, 1.165) is 0 Å². The highest BCUT2D eigenvalue weighted by Gasteiger charge is 2.18. The van der Waals surface area contributed by atoms with Crippen LogP contribution < -0.4 is 5.73 Å². The van der Waals surface area contributed by atoms with E-state index in [0.29, 0.717) is 4.60 Å². The lowest BCUT2D eigenvalue weighted by molar-refractivity contribution is -0.385. The zero-order valence-electron chi connectivity index (χ0n) is 5.62. The third-order valence-electron chi connectivity index (χ3n) is 1.13. The fourth-order valence-corrected chi connectivity index (χ4v) is 1.90. The number of hydrogen-bond acceptors (Lipinski definition) is 4. The molecule has 0 aliphatic heterocycles. The maximum Gasteiger partial charge on any atom is 0.324 e. The molecule has 0 spiro atoms. The average molecular weight is 297 g/mol. The van der Waals surface area contributed by atoms with Crippen LogP contribution >= 0.6 is 31.9 Å². The van der Waals surface area contributed by atoms with Gasteiger partial charge in [0, 0.05) is 6.07 Å². The van der Waals surface area contributed by atoms with Crippen molar-refractivity contribution in [3.05, 3.63) is 25.4 Å². The molecule has 0 saturated carbocycles. The van der Waals surface area contributed by atoms with Crippen molar-refractivity contribution < 1.29 is 4.92 Å². The Balaban J connectivity index is 3.38. The van der Waals surface area contributed by atoms with E-state index in [2.05, 4.69) is 36.8 Å². The van der Waals surface area contributed by atoms with Gasteiger partial charge in [0.2, 0.25) is 0 Å². The van der Waals surface area contributed by atoms with Crippen LogP contribution in [0.1, 0.15) is 0 Å². The smallest absolute Gasteiger partial charge is 0.324 e. The van der Waals surface area contributed by atoms with E-state index in [1.54, 1.807) is 0 Å². The lowest BCUT2D eigenvalue weighted by atomic mass is 10.4. The van der Waals surface area contributed by atoms with E-state index in [1.165, 1.54) is 6.07 Å². The summed E-state index contributed by atoms with van der Waals surface area (Å²) in [5, 5.41) is 10.4. The zero-order chi connectivity index (χ0) is 9.30. The van der Waals surface area contributed by atoms with Crippen LogP contribution in [0.3, 0.4) is 0 Å². The predicted molar refractivity (Wildman–Crippen MR) is 50.7 cm³/mol. The molecule has 0 atom stereocenters. The molecule has 0 radical (unpaired) electrons. The van der Waals surface area contributed by atoms with Crippen molar-refractivity contribution in [2.75, 3.05) is 5.73 Å². The molecule has 5 nitrogen and oxygen atoms in total. The molecule has 2 N–H and O–H groups in total. The first-order valence-corrected chi connectivity index (χ1v) is 4.37. The molecule has 0 aliphatic carbocycles. The van der Waals surface area contributed by atoms with Crippen LogP contribution in [0.4, 0.5) is 11.4 Å². The second-order valence-corrected chi connectivity index (χ2v) is 3.49. The van der Waals surface area contributed by atoms with Crippen molar-refractivity contribution in [2.45, 2.75) is 0 Å². The van der Waals surface area contributed by atoms with Crippen molar-refractivity contribution >= 4 is 43.2 Å². The SMILES string of the molecule is Nc1cc(Br)nc(Br)c1[N+](=O)[O-]. The first-order chi connectivity index (χ1) is 5.52. The third kappa shape index (κ3) is 1.72. The van der Waals surface area contributed by atoms with Crippen molar-refractivity contribution in [2.24, 2.45) is 0 Å². The Morgan fingerprint density at radius 1 is 1.58 bits per heavy atom. The minimum Gasteiger partial charge on any atom is -0.393 e. The number of rotatable bonds is 1. The Bertz CT molecular complexity index is 318. The number of nitrogens with two attached hydrogens (primary N) is 1. The summed E-state index contributed by atoms with van der Waals surface area (Å²) in [6, 6.07) is 1.38. The minimum atomic E-state index is -0.584. The summed E-state index contributed by atoms with van der Waals surface area (Å²) in [6.45, 7) is 0. The molecule has 0 fully saturated rings. The van der Waals surface area contributed by atoms with Crippen LogP contribution in [-0.2, 0) is 0 Å². The van der Waals surface area contributed by atoms with E-state index in [-0.39, 0.29) is 16.0 Å². The van der Waals surface area contributed by atoms with Crippen molar-refractivity contribution in [1.82, 2.24) is 4.98 Å². The number of nitrogen functional groups attached to an aromatic ring is 1. The van der Waals surface area contributed by atoms with Gasteiger partial charge < -0.3 is 5.73 Å². The Kier molecular flexibility index (Phi) is 2.63. The van der Waals surface area contributed by atoms with E-state index in [4.69, 9.17) is 5.73 Å². The highest BCUT2D eigenvalue weighted by Crippen LogP contribution is 2.31. The first-order valence-electron chi connectivity index (χ1n) is 2.78. The Morgan fingerprint density at radius 2 is 2.17 bits per heavy atom. The average Bonchev–Trinajstić information content (AvgIpc) is 1.82. The van der Waals surface area contributed by atoms with Crippen LogP contribution in [-0.4, -0.2) is 9.91 Å². The minimum absolute atomic E-state index is 0.0775. The largest absolute Gasteiger partial charge is 0.393 e. The van der Waals surface area contributed by atoms with E-state index < -0.39 is 4.92 Å². The van der Waals surface area contributed by atoms with Crippen LogP contribution in [0.25, 0.3) is 0 Å². The van der Waals surface area contributed by atoms with Gasteiger partial charge in [0.25, 0.3) is 0 Å². The number of aromatic nitrogens is 1. The summed E-state index contributed by atoms with van der Waals surface area (Å²) < 4.78 is 0.580. The molecule has 1 aromatic heterocycles. The lowest BCUT2D eigenvalue weighted by Gasteiger charge is -1.98. The second-order valence-electron chi connectivity index (χ2n) is 1.93. The summed E-state index contributed by atoms with van der Waals surface area (Å²) >= 11 is 5.99. The summed E-state index contributed by atoms with van der Waals surface area (Å²) in [5.41, 5.74) is 5.25. The number of nitro groups is 1. The molecule has 1 aromatic rings. The van der Waals surface area contributed by atoms with Crippen molar-refractivity contribution in [3.8, 4) is 0 Å². The monoisotopic (exact) mass is 295 g/mol. The lowest BCUT2D eigenvalue weighted by Crippen LogP contribution is -1.98. The summed E-state index contributed by atoms with van der Waals surface area (Å²) in [7, 11) is 0. The fraction of sp³-hybridized carbons (Fsp3) is 0. The van der Waals surface area contributed by atoms with E-state index in [1.807, 2.05) is 0 Å². The van der Waals surface area contributed by atoms with Gasteiger partial charge >= 0.3 is 5.69 Å². The van der Waals surface area contributed by atoms with Gasteiger partial charge in [-0.25, -0.2) is 4.98 Å². The molecule has 0 saturated heterocycles. The number of pyridine rings is 1. The number of anilines is 1. The maximum absolute atomic E-state index is 10.4. The number of nitrogens with zero attached hydrogens (tertiary/aromatic N) is 2. The molecule has 7 heteroatoms.